The summed E-state index contributed by atoms with van der Waals surface area (Å²) < 4.78 is 5.49. The van der Waals surface area contributed by atoms with Gasteiger partial charge < -0.3 is 10.1 Å². The molecule has 1 aromatic carbocycles. The molecule has 1 aromatic rings. The summed E-state index contributed by atoms with van der Waals surface area (Å²) in [5, 5.41) is 3.37. The van der Waals surface area contributed by atoms with Crippen molar-refractivity contribution in [3.63, 3.8) is 0 Å². The van der Waals surface area contributed by atoms with E-state index in [1.165, 1.54) is 6.92 Å². The van der Waals surface area contributed by atoms with Gasteiger partial charge in [-0.3, -0.25) is 9.59 Å². The number of nitrogens with one attached hydrogen (secondary N) is 1. The van der Waals surface area contributed by atoms with E-state index < -0.39 is 0 Å². The number of halogens is 1. The summed E-state index contributed by atoms with van der Waals surface area (Å²) >= 11 is 5.84. The number of carbonyl (C=O) groups excluding carboxylic acids is 2. The van der Waals surface area contributed by atoms with Gasteiger partial charge in [-0.05, 0) is 38.0 Å². The highest BCUT2D eigenvalue weighted by Crippen LogP contribution is 2.23. The predicted molar refractivity (Wildman–Crippen MR) is 72.7 cm³/mol. The third kappa shape index (κ3) is 4.24. The minimum Gasteiger partial charge on any atom is -0.492 e. The number of amides is 1. The highest BCUT2D eigenvalue weighted by Gasteiger charge is 2.22. The van der Waals surface area contributed by atoms with Crippen LogP contribution in [0.4, 0.5) is 0 Å². The molecule has 0 aliphatic heterocycles. The predicted octanol–water partition coefficient (Wildman–Crippen LogP) is 2.59. The van der Waals surface area contributed by atoms with Crippen molar-refractivity contribution in [1.29, 1.82) is 0 Å². The standard InChI is InChI=1S/C14H16ClNO3/c1-9(17)12-8-10(15)2-5-13(12)19-7-6-14(18)16-11-3-4-11/h2,5,8,11H,3-4,6-7H2,1H3,(H,16,18). The number of ketones is 1. The van der Waals surface area contributed by atoms with Crippen molar-refractivity contribution in [3.05, 3.63) is 28.8 Å². The van der Waals surface area contributed by atoms with Crippen molar-refractivity contribution >= 4 is 23.3 Å². The number of hydrogen-bond acceptors (Lipinski definition) is 3. The van der Waals surface area contributed by atoms with Crippen molar-refractivity contribution in [1.82, 2.24) is 5.32 Å². The lowest BCUT2D eigenvalue weighted by Gasteiger charge is -2.10. The van der Waals surface area contributed by atoms with Gasteiger partial charge in [0.15, 0.2) is 5.78 Å². The Bertz CT molecular complexity index is 497. The minimum absolute atomic E-state index is 0.0131. The molecular formula is C14H16ClNO3. The maximum Gasteiger partial charge on any atom is 0.223 e. The van der Waals surface area contributed by atoms with Crippen molar-refractivity contribution in [2.45, 2.75) is 32.2 Å². The van der Waals surface area contributed by atoms with E-state index in [1.807, 2.05) is 0 Å². The molecule has 1 fully saturated rings. The highest BCUT2D eigenvalue weighted by atomic mass is 35.5. The number of hydrogen-bond donors (Lipinski definition) is 1. The van der Waals surface area contributed by atoms with Crippen molar-refractivity contribution < 1.29 is 14.3 Å². The largest absolute Gasteiger partial charge is 0.492 e. The van der Waals surface area contributed by atoms with Gasteiger partial charge in [-0.15, -0.1) is 0 Å². The zero-order valence-electron chi connectivity index (χ0n) is 10.7. The molecule has 102 valence electrons. The number of Topliss-reactive ketones (excluding diaryl/α,β-unsaturated/α-hetero) is 1. The number of benzene rings is 1. The van der Waals surface area contributed by atoms with E-state index >= 15 is 0 Å². The molecule has 0 saturated heterocycles. The second kappa shape index (κ2) is 6.06. The Hall–Kier alpha value is -1.55. The average Bonchev–Trinajstić information content (AvgIpc) is 3.14. The molecule has 1 aliphatic carbocycles. The van der Waals surface area contributed by atoms with E-state index in [2.05, 4.69) is 5.32 Å². The van der Waals surface area contributed by atoms with E-state index in [1.54, 1.807) is 18.2 Å². The zero-order chi connectivity index (χ0) is 13.8. The summed E-state index contributed by atoms with van der Waals surface area (Å²) in [6.07, 6.45) is 2.42. The lowest BCUT2D eigenvalue weighted by molar-refractivity contribution is -0.121. The maximum absolute atomic E-state index is 11.5. The number of rotatable bonds is 6. The van der Waals surface area contributed by atoms with E-state index in [9.17, 15) is 9.59 Å². The van der Waals surface area contributed by atoms with Gasteiger partial charge in [0.25, 0.3) is 0 Å². The van der Waals surface area contributed by atoms with Crippen LogP contribution in [-0.4, -0.2) is 24.3 Å². The fourth-order valence-corrected chi connectivity index (χ4v) is 1.86. The third-order valence-electron chi connectivity index (χ3n) is 2.85. The highest BCUT2D eigenvalue weighted by molar-refractivity contribution is 6.31. The SMILES string of the molecule is CC(=O)c1cc(Cl)ccc1OCCC(=O)NC1CC1. The Morgan fingerprint density at radius 3 is 2.79 bits per heavy atom. The van der Waals surface area contributed by atoms with Crippen LogP contribution in [0.2, 0.25) is 5.02 Å². The summed E-state index contributed by atoms with van der Waals surface area (Å²) in [5.74, 6) is 0.344. The van der Waals surface area contributed by atoms with Gasteiger partial charge in [0.05, 0.1) is 18.6 Å². The van der Waals surface area contributed by atoms with E-state index in [4.69, 9.17) is 16.3 Å². The molecule has 0 bridgehead atoms. The minimum atomic E-state index is -0.111. The molecule has 0 unspecified atom stereocenters. The first kappa shape index (κ1) is 13.9. The van der Waals surface area contributed by atoms with Crippen LogP contribution in [0.5, 0.6) is 5.75 Å². The molecule has 0 atom stereocenters. The molecule has 0 spiro atoms. The summed E-state index contributed by atoms with van der Waals surface area (Å²) in [4.78, 5) is 22.9. The normalized spacial score (nSPS) is 14.0. The Kier molecular flexibility index (Phi) is 4.43. The monoisotopic (exact) mass is 281 g/mol. The second-order valence-corrected chi connectivity index (χ2v) is 5.07. The second-order valence-electron chi connectivity index (χ2n) is 4.64. The van der Waals surface area contributed by atoms with Crippen LogP contribution in [0, 0.1) is 0 Å². The van der Waals surface area contributed by atoms with Crippen LogP contribution in [0.25, 0.3) is 0 Å². The van der Waals surface area contributed by atoms with Crippen molar-refractivity contribution in [2.75, 3.05) is 6.61 Å². The van der Waals surface area contributed by atoms with Gasteiger partial charge in [0.2, 0.25) is 5.91 Å². The number of ether oxygens (including phenoxy) is 1. The summed E-state index contributed by atoms with van der Waals surface area (Å²) in [5.41, 5.74) is 0.440. The topological polar surface area (TPSA) is 55.4 Å². The Labute approximate surface area is 117 Å². The molecule has 0 aromatic heterocycles. The lowest BCUT2D eigenvalue weighted by Crippen LogP contribution is -2.26. The van der Waals surface area contributed by atoms with Gasteiger partial charge in [-0.25, -0.2) is 0 Å². The van der Waals surface area contributed by atoms with E-state index in [-0.39, 0.29) is 24.7 Å². The molecule has 2 rings (SSSR count). The molecule has 5 heteroatoms. The fraction of sp³-hybridized carbons (Fsp3) is 0.429. The van der Waals surface area contributed by atoms with Crippen LogP contribution in [0.1, 0.15) is 36.5 Å². The average molecular weight is 282 g/mol. The zero-order valence-corrected chi connectivity index (χ0v) is 11.5. The van der Waals surface area contributed by atoms with Crippen LogP contribution in [0.15, 0.2) is 18.2 Å². The quantitative estimate of drug-likeness (QED) is 0.816. The first-order chi connectivity index (χ1) is 9.06. The molecule has 1 N–H and O–H groups in total. The first-order valence-corrected chi connectivity index (χ1v) is 6.66. The van der Waals surface area contributed by atoms with Crippen LogP contribution in [0.3, 0.4) is 0 Å². The summed E-state index contributed by atoms with van der Waals surface area (Å²) in [6.45, 7) is 1.71. The van der Waals surface area contributed by atoms with Gasteiger partial charge >= 0.3 is 0 Å². The molecule has 1 aliphatic rings. The lowest BCUT2D eigenvalue weighted by atomic mass is 10.1. The van der Waals surface area contributed by atoms with E-state index in [0.717, 1.165) is 12.8 Å². The van der Waals surface area contributed by atoms with Gasteiger partial charge in [-0.2, -0.15) is 0 Å². The molecule has 0 radical (unpaired) electrons. The molecule has 4 nitrogen and oxygen atoms in total. The third-order valence-corrected chi connectivity index (χ3v) is 3.09. The maximum atomic E-state index is 11.5. The molecule has 19 heavy (non-hydrogen) atoms. The van der Waals surface area contributed by atoms with Crippen LogP contribution >= 0.6 is 11.6 Å². The first-order valence-electron chi connectivity index (χ1n) is 6.29. The van der Waals surface area contributed by atoms with Crippen molar-refractivity contribution in [3.8, 4) is 5.75 Å². The Balaban J connectivity index is 1.87. The smallest absolute Gasteiger partial charge is 0.223 e. The fourth-order valence-electron chi connectivity index (χ4n) is 1.68. The summed E-state index contributed by atoms with van der Waals surface area (Å²) in [6, 6.07) is 5.24. The van der Waals surface area contributed by atoms with Crippen LogP contribution < -0.4 is 10.1 Å². The molecule has 0 heterocycles. The van der Waals surface area contributed by atoms with Crippen molar-refractivity contribution in [2.24, 2.45) is 0 Å². The molecule has 1 saturated carbocycles. The molecular weight excluding hydrogens is 266 g/mol. The molecule has 1 amide bonds. The Morgan fingerprint density at radius 2 is 2.16 bits per heavy atom. The van der Waals surface area contributed by atoms with Gasteiger partial charge in [-0.1, -0.05) is 11.6 Å². The Morgan fingerprint density at radius 1 is 1.42 bits per heavy atom. The van der Waals surface area contributed by atoms with Gasteiger partial charge in [0, 0.05) is 11.1 Å². The van der Waals surface area contributed by atoms with Gasteiger partial charge in [0.1, 0.15) is 5.75 Å². The summed E-state index contributed by atoms with van der Waals surface area (Å²) in [7, 11) is 0. The number of carbonyl (C=O) groups is 2. The van der Waals surface area contributed by atoms with E-state index in [0.29, 0.717) is 22.4 Å². The van der Waals surface area contributed by atoms with Crippen LogP contribution in [-0.2, 0) is 4.79 Å².